The van der Waals surface area contributed by atoms with Gasteiger partial charge >= 0.3 is 0 Å². The molecule has 1 aliphatic heterocycles. The first-order valence-corrected chi connectivity index (χ1v) is 12.8. The van der Waals surface area contributed by atoms with Gasteiger partial charge in [-0.05, 0) is 47.7 Å². The van der Waals surface area contributed by atoms with Gasteiger partial charge in [-0.3, -0.25) is 4.79 Å². The van der Waals surface area contributed by atoms with E-state index in [4.69, 9.17) is 14.2 Å². The van der Waals surface area contributed by atoms with Crippen LogP contribution in [-0.2, 0) is 25.0 Å². The van der Waals surface area contributed by atoms with Crippen molar-refractivity contribution < 1.29 is 27.4 Å². The summed E-state index contributed by atoms with van der Waals surface area (Å²) in [6, 6.07) is 12.6. The molecule has 1 N–H and O–H groups in total. The van der Waals surface area contributed by atoms with E-state index >= 15 is 0 Å². The molecule has 9 heteroatoms. The van der Waals surface area contributed by atoms with E-state index in [-0.39, 0.29) is 41.5 Å². The molecule has 1 heterocycles. The SMILES string of the molecule is COc1ccc(NC(=O)CCCOc2ccc(C(C)(C)C)cc2)cc1S(=O)(=O)N1CCOCC1. The highest BCUT2D eigenvalue weighted by molar-refractivity contribution is 7.89. The fraction of sp³-hybridized carbons (Fsp3) is 0.480. The Balaban J connectivity index is 1.55. The monoisotopic (exact) mass is 490 g/mol. The first-order valence-electron chi connectivity index (χ1n) is 11.4. The number of amides is 1. The average molecular weight is 491 g/mol. The van der Waals surface area contributed by atoms with Crippen molar-refractivity contribution in [1.82, 2.24) is 4.31 Å². The first kappa shape index (κ1) is 26.0. The van der Waals surface area contributed by atoms with Crippen LogP contribution in [0.1, 0.15) is 39.2 Å². The normalized spacial score (nSPS) is 15.1. The number of morpholine rings is 1. The number of benzene rings is 2. The topological polar surface area (TPSA) is 94.2 Å². The molecule has 1 fully saturated rings. The average Bonchev–Trinajstić information content (AvgIpc) is 2.82. The minimum absolute atomic E-state index is 0.0248. The molecule has 1 amide bonds. The maximum absolute atomic E-state index is 13.1. The Morgan fingerprint density at radius 1 is 1.09 bits per heavy atom. The zero-order valence-electron chi connectivity index (χ0n) is 20.3. The Bertz CT molecular complexity index is 1070. The predicted molar refractivity (Wildman–Crippen MR) is 131 cm³/mol. The molecule has 2 aromatic rings. The molecule has 0 bridgehead atoms. The van der Waals surface area contributed by atoms with E-state index in [0.717, 1.165) is 5.75 Å². The Kier molecular flexibility index (Phi) is 8.57. The van der Waals surface area contributed by atoms with Gasteiger partial charge in [-0.25, -0.2) is 8.42 Å². The van der Waals surface area contributed by atoms with E-state index in [0.29, 0.717) is 31.9 Å². The predicted octanol–water partition coefficient (Wildman–Crippen LogP) is 3.81. The second-order valence-electron chi connectivity index (χ2n) is 9.16. The summed E-state index contributed by atoms with van der Waals surface area (Å²) in [7, 11) is -2.35. The van der Waals surface area contributed by atoms with Crippen LogP contribution in [0.5, 0.6) is 11.5 Å². The number of methoxy groups -OCH3 is 1. The Morgan fingerprint density at radius 2 is 1.76 bits per heavy atom. The molecule has 34 heavy (non-hydrogen) atoms. The van der Waals surface area contributed by atoms with Gasteiger partial charge in [-0.1, -0.05) is 32.9 Å². The molecule has 0 aromatic heterocycles. The fourth-order valence-corrected chi connectivity index (χ4v) is 5.17. The molecule has 186 valence electrons. The molecular formula is C25H34N2O6S. The number of nitrogens with zero attached hydrogens (tertiary/aromatic N) is 1. The minimum Gasteiger partial charge on any atom is -0.495 e. The summed E-state index contributed by atoms with van der Waals surface area (Å²) < 4.78 is 43.8. The van der Waals surface area contributed by atoms with Crippen molar-refractivity contribution in [2.45, 2.75) is 43.9 Å². The molecule has 2 aromatic carbocycles. The summed E-state index contributed by atoms with van der Waals surface area (Å²) in [5.74, 6) is 0.781. The summed E-state index contributed by atoms with van der Waals surface area (Å²) >= 11 is 0. The summed E-state index contributed by atoms with van der Waals surface area (Å²) in [6.45, 7) is 8.13. The highest BCUT2D eigenvalue weighted by Crippen LogP contribution is 2.30. The second kappa shape index (κ2) is 11.2. The number of sulfonamides is 1. The molecular weight excluding hydrogens is 456 g/mol. The lowest BCUT2D eigenvalue weighted by Crippen LogP contribution is -2.40. The third kappa shape index (κ3) is 6.71. The van der Waals surface area contributed by atoms with Crippen molar-refractivity contribution in [1.29, 1.82) is 0 Å². The molecule has 0 saturated carbocycles. The second-order valence-corrected chi connectivity index (χ2v) is 11.1. The van der Waals surface area contributed by atoms with E-state index in [1.807, 2.05) is 24.3 Å². The zero-order valence-corrected chi connectivity index (χ0v) is 21.1. The van der Waals surface area contributed by atoms with Crippen molar-refractivity contribution in [3.05, 3.63) is 48.0 Å². The molecule has 1 aliphatic rings. The quantitative estimate of drug-likeness (QED) is 0.537. The molecule has 0 radical (unpaired) electrons. The summed E-state index contributed by atoms with van der Waals surface area (Å²) in [6.07, 6.45) is 0.777. The molecule has 0 unspecified atom stereocenters. The fourth-order valence-electron chi connectivity index (χ4n) is 3.58. The highest BCUT2D eigenvalue weighted by atomic mass is 32.2. The van der Waals surface area contributed by atoms with Crippen molar-refractivity contribution in [3.63, 3.8) is 0 Å². The van der Waals surface area contributed by atoms with E-state index in [9.17, 15) is 13.2 Å². The summed E-state index contributed by atoms with van der Waals surface area (Å²) in [5.41, 5.74) is 1.71. The van der Waals surface area contributed by atoms with Crippen molar-refractivity contribution >= 4 is 21.6 Å². The van der Waals surface area contributed by atoms with Gasteiger partial charge in [0.05, 0.1) is 26.9 Å². The van der Waals surface area contributed by atoms with Gasteiger partial charge in [-0.15, -0.1) is 0 Å². The third-order valence-electron chi connectivity index (χ3n) is 5.57. The van der Waals surface area contributed by atoms with Gasteiger partial charge in [0.2, 0.25) is 15.9 Å². The lowest BCUT2D eigenvalue weighted by atomic mass is 9.87. The molecule has 1 saturated heterocycles. The van der Waals surface area contributed by atoms with Crippen LogP contribution in [0.15, 0.2) is 47.4 Å². The summed E-state index contributed by atoms with van der Waals surface area (Å²) in [4.78, 5) is 12.4. The molecule has 0 spiro atoms. The Hall–Kier alpha value is -2.62. The molecule has 0 aliphatic carbocycles. The maximum Gasteiger partial charge on any atom is 0.246 e. The lowest BCUT2D eigenvalue weighted by Gasteiger charge is -2.26. The van der Waals surface area contributed by atoms with Crippen LogP contribution in [0.2, 0.25) is 0 Å². The van der Waals surface area contributed by atoms with Crippen LogP contribution in [-0.4, -0.2) is 58.7 Å². The lowest BCUT2D eigenvalue weighted by molar-refractivity contribution is -0.116. The Morgan fingerprint density at radius 3 is 2.38 bits per heavy atom. The molecule has 0 atom stereocenters. The van der Waals surface area contributed by atoms with Gasteiger partial charge in [0.1, 0.15) is 16.4 Å². The van der Waals surface area contributed by atoms with E-state index in [1.54, 1.807) is 12.1 Å². The Labute approximate surface area is 202 Å². The van der Waals surface area contributed by atoms with Gasteiger partial charge in [0, 0.05) is 25.2 Å². The van der Waals surface area contributed by atoms with Gasteiger partial charge in [0.25, 0.3) is 0 Å². The minimum atomic E-state index is -3.77. The number of hydrogen-bond donors (Lipinski definition) is 1. The van der Waals surface area contributed by atoms with Crippen LogP contribution in [0.25, 0.3) is 0 Å². The highest BCUT2D eigenvalue weighted by Gasteiger charge is 2.29. The smallest absolute Gasteiger partial charge is 0.246 e. The van der Waals surface area contributed by atoms with E-state index in [2.05, 4.69) is 26.1 Å². The number of carbonyl (C=O) groups excluding carboxylic acids is 1. The standard InChI is InChI=1S/C25H34N2O6S/c1-25(2,3)19-7-10-21(11-8-19)33-15-5-6-24(28)26-20-9-12-22(31-4)23(18-20)34(29,30)27-13-16-32-17-14-27/h7-12,18H,5-6,13-17H2,1-4H3,(H,26,28). The number of hydrogen-bond acceptors (Lipinski definition) is 6. The zero-order chi connectivity index (χ0) is 24.8. The number of rotatable bonds is 9. The number of ether oxygens (including phenoxy) is 3. The molecule has 8 nitrogen and oxygen atoms in total. The largest absolute Gasteiger partial charge is 0.495 e. The van der Waals surface area contributed by atoms with E-state index < -0.39 is 10.0 Å². The number of anilines is 1. The number of carbonyl (C=O) groups is 1. The van der Waals surface area contributed by atoms with Gasteiger partial charge in [0.15, 0.2) is 0 Å². The van der Waals surface area contributed by atoms with Crippen molar-refractivity contribution in [3.8, 4) is 11.5 Å². The van der Waals surface area contributed by atoms with Crippen LogP contribution in [0.3, 0.4) is 0 Å². The van der Waals surface area contributed by atoms with Crippen LogP contribution < -0.4 is 14.8 Å². The number of nitrogens with one attached hydrogen (secondary N) is 1. The van der Waals surface area contributed by atoms with Gasteiger partial charge < -0.3 is 19.5 Å². The van der Waals surface area contributed by atoms with Crippen molar-refractivity contribution in [2.75, 3.05) is 45.3 Å². The van der Waals surface area contributed by atoms with E-state index in [1.165, 1.54) is 23.0 Å². The van der Waals surface area contributed by atoms with Crippen molar-refractivity contribution in [2.24, 2.45) is 0 Å². The molecule has 3 rings (SSSR count). The van der Waals surface area contributed by atoms with Crippen LogP contribution in [0, 0.1) is 0 Å². The first-order chi connectivity index (χ1) is 16.1. The maximum atomic E-state index is 13.1. The van der Waals surface area contributed by atoms with Crippen LogP contribution >= 0.6 is 0 Å². The summed E-state index contributed by atoms with van der Waals surface area (Å²) in [5, 5.41) is 2.77. The van der Waals surface area contributed by atoms with Crippen LogP contribution in [0.4, 0.5) is 5.69 Å². The van der Waals surface area contributed by atoms with Gasteiger partial charge in [-0.2, -0.15) is 4.31 Å². The third-order valence-corrected chi connectivity index (χ3v) is 7.49.